The second kappa shape index (κ2) is 11.6. The third-order valence-corrected chi connectivity index (χ3v) is 5.54. The summed E-state index contributed by atoms with van der Waals surface area (Å²) in [6.07, 6.45) is 7.63. The number of nitrogens with zero attached hydrogens (tertiary/aromatic N) is 5. The molecule has 0 aliphatic heterocycles. The van der Waals surface area contributed by atoms with E-state index in [1.165, 1.54) is 36.8 Å². The maximum absolute atomic E-state index is 13.4. The van der Waals surface area contributed by atoms with E-state index in [0.717, 1.165) is 6.92 Å². The Balaban J connectivity index is 1.73. The fraction of sp³-hybridized carbons (Fsp3) is 0.583. The number of carbonyl (C=O) groups is 2. The van der Waals surface area contributed by atoms with E-state index in [-0.39, 0.29) is 23.9 Å². The number of hydrogen-bond acceptors (Lipinski definition) is 8. The number of nitrogens with one attached hydrogen (secondary N) is 2. The van der Waals surface area contributed by atoms with Crippen LogP contribution < -0.4 is 20.3 Å². The summed E-state index contributed by atoms with van der Waals surface area (Å²) < 4.78 is 37.2. The van der Waals surface area contributed by atoms with Crippen LogP contribution >= 0.6 is 0 Å². The highest BCUT2D eigenvalue weighted by atomic mass is 19.3. The molecule has 0 spiro atoms. The Kier molecular flexibility index (Phi) is 8.77. The minimum Gasteiger partial charge on any atom is -0.467 e. The summed E-state index contributed by atoms with van der Waals surface area (Å²) >= 11 is 0. The highest BCUT2D eigenvalue weighted by Crippen LogP contribution is 2.28. The Bertz CT molecular complexity index is 1050. The number of rotatable bonds is 7. The fourth-order valence-electron chi connectivity index (χ4n) is 3.87. The van der Waals surface area contributed by atoms with Crippen molar-refractivity contribution in [2.24, 2.45) is 0 Å². The van der Waals surface area contributed by atoms with E-state index >= 15 is 0 Å². The van der Waals surface area contributed by atoms with Crippen molar-refractivity contribution in [1.82, 2.24) is 30.6 Å². The van der Waals surface area contributed by atoms with Crippen LogP contribution in [0.3, 0.4) is 0 Å². The van der Waals surface area contributed by atoms with E-state index in [4.69, 9.17) is 9.47 Å². The monoisotopic (exact) mass is 521 g/mol. The van der Waals surface area contributed by atoms with Gasteiger partial charge >= 0.3 is 18.1 Å². The van der Waals surface area contributed by atoms with Crippen molar-refractivity contribution in [1.29, 1.82) is 0 Å². The summed E-state index contributed by atoms with van der Waals surface area (Å²) in [6.45, 7) is 5.28. The van der Waals surface area contributed by atoms with E-state index in [1.807, 2.05) is 0 Å². The maximum atomic E-state index is 13.4. The van der Waals surface area contributed by atoms with Gasteiger partial charge in [-0.25, -0.2) is 33.3 Å². The second-order valence-electron chi connectivity index (χ2n) is 9.97. The topological polar surface area (TPSA) is 131 Å². The summed E-state index contributed by atoms with van der Waals surface area (Å²) in [7, 11) is 1.46. The van der Waals surface area contributed by atoms with E-state index in [2.05, 4.69) is 30.6 Å². The number of amides is 3. The number of aromatic nitrogens is 4. The van der Waals surface area contributed by atoms with Crippen LogP contribution in [-0.2, 0) is 4.74 Å². The van der Waals surface area contributed by atoms with Gasteiger partial charge in [0.15, 0.2) is 5.82 Å². The molecule has 2 N–H and O–H groups in total. The molecule has 0 unspecified atom stereocenters. The molecule has 37 heavy (non-hydrogen) atoms. The van der Waals surface area contributed by atoms with E-state index < -0.39 is 30.2 Å². The molecule has 11 nitrogen and oxygen atoms in total. The van der Waals surface area contributed by atoms with Gasteiger partial charge in [0.05, 0.1) is 31.7 Å². The van der Waals surface area contributed by atoms with Crippen molar-refractivity contribution in [2.45, 2.75) is 77.0 Å². The van der Waals surface area contributed by atoms with Crippen molar-refractivity contribution in [3.63, 3.8) is 0 Å². The molecule has 1 fully saturated rings. The lowest BCUT2D eigenvalue weighted by molar-refractivity contribution is 0.0254. The average Bonchev–Trinajstić information content (AvgIpc) is 2.83. The number of urea groups is 1. The van der Waals surface area contributed by atoms with Gasteiger partial charge in [0, 0.05) is 37.0 Å². The lowest BCUT2D eigenvalue weighted by Crippen LogP contribution is -2.52. The van der Waals surface area contributed by atoms with Crippen molar-refractivity contribution in [3.8, 4) is 17.3 Å². The zero-order valence-corrected chi connectivity index (χ0v) is 21.6. The molecular formula is C24H33F2N7O4. The fourth-order valence-corrected chi connectivity index (χ4v) is 3.87. The van der Waals surface area contributed by atoms with Gasteiger partial charge in [0.2, 0.25) is 0 Å². The first-order valence-corrected chi connectivity index (χ1v) is 12.0. The number of alkyl halides is 2. The van der Waals surface area contributed by atoms with Gasteiger partial charge in [-0.15, -0.1) is 0 Å². The smallest absolute Gasteiger partial charge is 0.407 e. The Morgan fingerprint density at radius 2 is 1.65 bits per heavy atom. The van der Waals surface area contributed by atoms with Gasteiger partial charge in [-0.05, 0) is 46.5 Å². The second-order valence-corrected chi connectivity index (χ2v) is 9.97. The van der Waals surface area contributed by atoms with Crippen molar-refractivity contribution < 1.29 is 27.8 Å². The first-order valence-electron chi connectivity index (χ1n) is 12.0. The summed E-state index contributed by atoms with van der Waals surface area (Å²) in [6, 6.07) is -0.938. The lowest BCUT2D eigenvalue weighted by Gasteiger charge is -2.36. The summed E-state index contributed by atoms with van der Waals surface area (Å²) in [5.41, 5.74) is 0.452. The van der Waals surface area contributed by atoms with Crippen molar-refractivity contribution >= 4 is 17.9 Å². The van der Waals surface area contributed by atoms with Crippen LogP contribution in [0.1, 0.15) is 53.4 Å². The molecule has 1 aliphatic carbocycles. The molecule has 2 heterocycles. The van der Waals surface area contributed by atoms with Crippen LogP contribution in [-0.4, -0.2) is 69.3 Å². The van der Waals surface area contributed by atoms with Crippen LogP contribution in [0, 0.1) is 0 Å². The largest absolute Gasteiger partial charge is 0.467 e. The lowest BCUT2D eigenvalue weighted by atomic mass is 9.90. The first kappa shape index (κ1) is 27.9. The van der Waals surface area contributed by atoms with Crippen LogP contribution in [0.2, 0.25) is 0 Å². The molecule has 2 aromatic rings. The van der Waals surface area contributed by atoms with E-state index in [9.17, 15) is 18.4 Å². The number of anilines is 1. The van der Waals surface area contributed by atoms with Gasteiger partial charge in [-0.2, -0.15) is 0 Å². The minimum atomic E-state index is -3.07. The Morgan fingerprint density at radius 1 is 1.00 bits per heavy atom. The number of hydrogen-bond donors (Lipinski definition) is 2. The van der Waals surface area contributed by atoms with Gasteiger partial charge in [-0.3, -0.25) is 9.88 Å². The molecular weight excluding hydrogens is 488 g/mol. The number of carbonyl (C=O) groups excluding carboxylic acids is 2. The molecule has 1 aliphatic rings. The molecule has 2 aromatic heterocycles. The molecule has 3 amide bonds. The quantitative estimate of drug-likeness (QED) is 0.560. The minimum absolute atomic E-state index is 0.125. The maximum Gasteiger partial charge on any atom is 0.407 e. The summed E-state index contributed by atoms with van der Waals surface area (Å²) in [4.78, 5) is 43.3. The Labute approximate surface area is 214 Å². The predicted molar refractivity (Wildman–Crippen MR) is 132 cm³/mol. The molecule has 0 bridgehead atoms. The Hall–Kier alpha value is -3.64. The summed E-state index contributed by atoms with van der Waals surface area (Å²) in [5.74, 6) is -2.85. The number of halogens is 2. The molecule has 0 radical (unpaired) electrons. The standard InChI is InChI=1S/C24H33F2N7O4/c1-23(2,3)37-22(35)32-16-6-8-17(9-7-16)33(21(34)31-14-24(4,25)26)19-13-27-18(12-28-19)15-10-29-20(36-5)30-11-15/h10-13,16-17H,6-9,14H2,1-5H3,(H,31,34)(H,32,35)/t16-,17-. The summed E-state index contributed by atoms with van der Waals surface area (Å²) in [5, 5.41) is 5.15. The third kappa shape index (κ3) is 8.46. The number of alkyl carbamates (subject to hydrolysis) is 1. The van der Waals surface area contributed by atoms with Gasteiger partial charge < -0.3 is 20.1 Å². The van der Waals surface area contributed by atoms with E-state index in [1.54, 1.807) is 20.8 Å². The number of ether oxygens (including phenoxy) is 2. The third-order valence-electron chi connectivity index (χ3n) is 5.54. The molecule has 0 aromatic carbocycles. The highest BCUT2D eigenvalue weighted by Gasteiger charge is 2.33. The molecule has 202 valence electrons. The molecule has 1 saturated carbocycles. The van der Waals surface area contributed by atoms with Gasteiger partial charge in [0.1, 0.15) is 5.60 Å². The van der Waals surface area contributed by atoms with Crippen molar-refractivity contribution in [2.75, 3.05) is 18.6 Å². The molecule has 0 atom stereocenters. The first-order chi connectivity index (χ1) is 17.3. The normalized spacial score (nSPS) is 18.0. The number of methoxy groups -OCH3 is 1. The van der Waals surface area contributed by atoms with Crippen molar-refractivity contribution in [3.05, 3.63) is 24.8 Å². The van der Waals surface area contributed by atoms with Crippen LogP contribution in [0.4, 0.5) is 24.2 Å². The molecule has 0 saturated heterocycles. The average molecular weight is 522 g/mol. The molecule has 13 heteroatoms. The van der Waals surface area contributed by atoms with Gasteiger partial charge in [-0.1, -0.05) is 0 Å². The highest BCUT2D eigenvalue weighted by molar-refractivity contribution is 5.91. The predicted octanol–water partition coefficient (Wildman–Crippen LogP) is 3.95. The van der Waals surface area contributed by atoms with Gasteiger partial charge in [0.25, 0.3) is 5.92 Å². The zero-order chi connectivity index (χ0) is 27.2. The van der Waals surface area contributed by atoms with Crippen LogP contribution in [0.5, 0.6) is 6.01 Å². The van der Waals surface area contributed by atoms with Crippen LogP contribution in [0.25, 0.3) is 11.3 Å². The van der Waals surface area contributed by atoms with Crippen LogP contribution in [0.15, 0.2) is 24.8 Å². The Morgan fingerprint density at radius 3 is 2.16 bits per heavy atom. The molecule has 3 rings (SSSR count). The SMILES string of the molecule is COc1ncc(-c2cnc(N(C(=O)NCC(C)(F)F)[C@H]3CC[C@H](NC(=O)OC(C)(C)C)CC3)cn2)cn1. The van der Waals surface area contributed by atoms with E-state index in [0.29, 0.717) is 36.9 Å². The zero-order valence-electron chi connectivity index (χ0n) is 21.6.